The van der Waals surface area contributed by atoms with Crippen molar-refractivity contribution in [3.05, 3.63) is 35.4 Å². The van der Waals surface area contributed by atoms with E-state index in [-0.39, 0.29) is 12.5 Å². The Morgan fingerprint density at radius 3 is 2.83 bits per heavy atom. The Morgan fingerprint density at radius 2 is 2.17 bits per heavy atom. The summed E-state index contributed by atoms with van der Waals surface area (Å²) < 4.78 is 0. The molecule has 0 spiro atoms. The van der Waals surface area contributed by atoms with E-state index in [9.17, 15) is 9.59 Å². The molecule has 0 unspecified atom stereocenters. The van der Waals surface area contributed by atoms with Gasteiger partial charge in [-0.2, -0.15) is 0 Å². The molecule has 0 saturated heterocycles. The Labute approximate surface area is 106 Å². The Bertz CT molecular complexity index is 477. The second-order valence-electron chi connectivity index (χ2n) is 3.65. The zero-order chi connectivity index (χ0) is 13.4. The SMILES string of the molecule is C#CCNCC(=O)NCc1cccc(C(N)=O)c1. The first-order valence-corrected chi connectivity index (χ1v) is 5.43. The Hall–Kier alpha value is -2.32. The topological polar surface area (TPSA) is 84.2 Å². The molecule has 0 saturated carbocycles. The number of nitrogens with two attached hydrogens (primary N) is 1. The van der Waals surface area contributed by atoms with Crippen LogP contribution >= 0.6 is 0 Å². The van der Waals surface area contributed by atoms with Gasteiger partial charge in [0, 0.05) is 12.1 Å². The number of hydrogen-bond donors (Lipinski definition) is 3. The lowest BCUT2D eigenvalue weighted by Gasteiger charge is -2.06. The highest BCUT2D eigenvalue weighted by atomic mass is 16.2. The summed E-state index contributed by atoms with van der Waals surface area (Å²) in [5.74, 6) is 1.73. The molecule has 1 aromatic rings. The van der Waals surface area contributed by atoms with E-state index in [1.165, 1.54) is 0 Å². The van der Waals surface area contributed by atoms with Crippen LogP contribution < -0.4 is 16.4 Å². The van der Waals surface area contributed by atoms with Gasteiger partial charge in [-0.25, -0.2) is 0 Å². The number of carbonyl (C=O) groups is 2. The third-order valence-corrected chi connectivity index (χ3v) is 2.21. The number of primary amides is 1. The Morgan fingerprint density at radius 1 is 1.39 bits per heavy atom. The van der Waals surface area contributed by atoms with Crippen molar-refractivity contribution in [2.75, 3.05) is 13.1 Å². The van der Waals surface area contributed by atoms with Crippen LogP contribution in [0.3, 0.4) is 0 Å². The normalized spacial score (nSPS) is 9.50. The molecule has 4 N–H and O–H groups in total. The molecule has 0 aliphatic rings. The van der Waals surface area contributed by atoms with Crippen LogP contribution in [0.15, 0.2) is 24.3 Å². The summed E-state index contributed by atoms with van der Waals surface area (Å²) in [7, 11) is 0. The van der Waals surface area contributed by atoms with Crippen molar-refractivity contribution in [1.29, 1.82) is 0 Å². The Kier molecular flexibility index (Phi) is 5.42. The average molecular weight is 245 g/mol. The van der Waals surface area contributed by atoms with Crippen molar-refractivity contribution >= 4 is 11.8 Å². The van der Waals surface area contributed by atoms with E-state index in [1.807, 2.05) is 6.07 Å². The van der Waals surface area contributed by atoms with Crippen LogP contribution in [0.25, 0.3) is 0 Å². The molecule has 0 atom stereocenters. The molecular weight excluding hydrogens is 230 g/mol. The first kappa shape index (κ1) is 13.7. The van der Waals surface area contributed by atoms with Crippen LogP contribution in [0.4, 0.5) is 0 Å². The molecule has 5 heteroatoms. The molecule has 0 aliphatic carbocycles. The maximum Gasteiger partial charge on any atom is 0.248 e. The second-order valence-corrected chi connectivity index (χ2v) is 3.65. The van der Waals surface area contributed by atoms with Crippen LogP contribution in [0.1, 0.15) is 15.9 Å². The van der Waals surface area contributed by atoms with Gasteiger partial charge in [-0.3, -0.25) is 14.9 Å². The smallest absolute Gasteiger partial charge is 0.248 e. The average Bonchev–Trinajstić information content (AvgIpc) is 2.37. The largest absolute Gasteiger partial charge is 0.366 e. The minimum absolute atomic E-state index is 0.158. The van der Waals surface area contributed by atoms with E-state index in [2.05, 4.69) is 16.6 Å². The van der Waals surface area contributed by atoms with Gasteiger partial charge in [-0.1, -0.05) is 18.1 Å². The highest BCUT2D eigenvalue weighted by Gasteiger charge is 2.03. The van der Waals surface area contributed by atoms with Gasteiger partial charge in [0.25, 0.3) is 0 Å². The van der Waals surface area contributed by atoms with Gasteiger partial charge in [0.1, 0.15) is 0 Å². The minimum atomic E-state index is -0.487. The minimum Gasteiger partial charge on any atom is -0.366 e. The number of hydrogen-bond acceptors (Lipinski definition) is 3. The van der Waals surface area contributed by atoms with Crippen molar-refractivity contribution in [3.8, 4) is 12.3 Å². The van der Waals surface area contributed by atoms with E-state index in [0.29, 0.717) is 18.7 Å². The molecule has 0 bridgehead atoms. The lowest BCUT2D eigenvalue weighted by atomic mass is 10.1. The highest BCUT2D eigenvalue weighted by molar-refractivity contribution is 5.92. The van der Waals surface area contributed by atoms with Crippen molar-refractivity contribution in [1.82, 2.24) is 10.6 Å². The van der Waals surface area contributed by atoms with Gasteiger partial charge in [0.05, 0.1) is 13.1 Å². The summed E-state index contributed by atoms with van der Waals surface area (Å²) in [5, 5.41) is 5.48. The quantitative estimate of drug-likeness (QED) is 0.472. The fraction of sp³-hybridized carbons (Fsp3) is 0.231. The van der Waals surface area contributed by atoms with Crippen LogP contribution in [0.2, 0.25) is 0 Å². The molecule has 18 heavy (non-hydrogen) atoms. The zero-order valence-electron chi connectivity index (χ0n) is 9.90. The molecule has 0 aliphatic heterocycles. The third kappa shape index (κ3) is 4.68. The lowest BCUT2D eigenvalue weighted by Crippen LogP contribution is -2.33. The van der Waals surface area contributed by atoms with E-state index in [4.69, 9.17) is 12.2 Å². The first-order chi connectivity index (χ1) is 8.63. The predicted molar refractivity (Wildman–Crippen MR) is 68.5 cm³/mol. The zero-order valence-corrected chi connectivity index (χ0v) is 9.90. The van der Waals surface area contributed by atoms with Crippen LogP contribution in [0.5, 0.6) is 0 Å². The molecule has 5 nitrogen and oxygen atoms in total. The summed E-state index contributed by atoms with van der Waals surface area (Å²) >= 11 is 0. The summed E-state index contributed by atoms with van der Waals surface area (Å²) in [4.78, 5) is 22.3. The molecule has 0 fully saturated rings. The standard InChI is InChI=1S/C13H15N3O2/c1-2-6-15-9-12(17)16-8-10-4-3-5-11(7-10)13(14)18/h1,3-5,7,15H,6,8-9H2,(H2,14,18)(H,16,17). The number of nitrogens with one attached hydrogen (secondary N) is 2. The number of amides is 2. The van der Waals surface area contributed by atoms with Gasteiger partial charge in [-0.15, -0.1) is 6.42 Å². The lowest BCUT2D eigenvalue weighted by molar-refractivity contribution is -0.120. The molecule has 2 amide bonds. The van der Waals surface area contributed by atoms with Crippen molar-refractivity contribution in [2.45, 2.75) is 6.54 Å². The molecular formula is C13H15N3O2. The third-order valence-electron chi connectivity index (χ3n) is 2.21. The maximum absolute atomic E-state index is 11.4. The van der Waals surface area contributed by atoms with Crippen LogP contribution in [-0.4, -0.2) is 24.9 Å². The number of terminal acetylenes is 1. The van der Waals surface area contributed by atoms with Crippen LogP contribution in [-0.2, 0) is 11.3 Å². The summed E-state index contributed by atoms with van der Waals surface area (Å²) in [6, 6.07) is 6.80. The summed E-state index contributed by atoms with van der Waals surface area (Å²) in [5.41, 5.74) is 6.40. The number of rotatable bonds is 6. The monoisotopic (exact) mass is 245 g/mol. The second kappa shape index (κ2) is 7.09. The first-order valence-electron chi connectivity index (χ1n) is 5.43. The molecule has 0 aromatic heterocycles. The summed E-state index contributed by atoms with van der Waals surface area (Å²) in [6.45, 7) is 0.863. The van der Waals surface area contributed by atoms with Crippen molar-refractivity contribution < 1.29 is 9.59 Å². The fourth-order valence-corrected chi connectivity index (χ4v) is 1.35. The van der Waals surface area contributed by atoms with Gasteiger partial charge >= 0.3 is 0 Å². The van der Waals surface area contributed by atoms with Gasteiger partial charge < -0.3 is 11.1 Å². The van der Waals surface area contributed by atoms with E-state index < -0.39 is 5.91 Å². The van der Waals surface area contributed by atoms with Gasteiger partial charge in [0.15, 0.2) is 0 Å². The van der Waals surface area contributed by atoms with Crippen molar-refractivity contribution in [3.63, 3.8) is 0 Å². The molecule has 1 rings (SSSR count). The molecule has 0 radical (unpaired) electrons. The van der Waals surface area contributed by atoms with E-state index in [1.54, 1.807) is 18.2 Å². The van der Waals surface area contributed by atoms with Crippen molar-refractivity contribution in [2.24, 2.45) is 5.73 Å². The predicted octanol–water partition coefficient (Wildman–Crippen LogP) is -0.375. The Balaban J connectivity index is 2.44. The fourth-order valence-electron chi connectivity index (χ4n) is 1.35. The summed E-state index contributed by atoms with van der Waals surface area (Å²) in [6.07, 6.45) is 5.04. The number of benzene rings is 1. The van der Waals surface area contributed by atoms with E-state index >= 15 is 0 Å². The molecule has 1 aromatic carbocycles. The van der Waals surface area contributed by atoms with Gasteiger partial charge in [-0.05, 0) is 17.7 Å². The number of carbonyl (C=O) groups excluding carboxylic acids is 2. The maximum atomic E-state index is 11.4. The van der Waals surface area contributed by atoms with E-state index in [0.717, 1.165) is 5.56 Å². The molecule has 0 heterocycles. The molecule has 94 valence electrons. The van der Waals surface area contributed by atoms with Gasteiger partial charge in [0.2, 0.25) is 11.8 Å². The highest BCUT2D eigenvalue weighted by Crippen LogP contribution is 2.04. The van der Waals surface area contributed by atoms with Crippen LogP contribution in [0, 0.1) is 12.3 Å².